The molecule has 1 amide bonds. The molecule has 5 nitrogen and oxygen atoms in total. The first-order chi connectivity index (χ1) is 10.0. The van der Waals surface area contributed by atoms with Gasteiger partial charge in [0.25, 0.3) is 0 Å². The number of halogens is 1. The van der Waals surface area contributed by atoms with Gasteiger partial charge in [-0.2, -0.15) is 0 Å². The van der Waals surface area contributed by atoms with Gasteiger partial charge in [0.1, 0.15) is 5.82 Å². The Labute approximate surface area is 121 Å². The Morgan fingerprint density at radius 3 is 2.71 bits per heavy atom. The summed E-state index contributed by atoms with van der Waals surface area (Å²) in [6.45, 7) is 1.83. The highest BCUT2D eigenvalue weighted by Crippen LogP contribution is 2.58. The Balaban J connectivity index is 1.73. The van der Waals surface area contributed by atoms with Crippen molar-refractivity contribution in [1.82, 2.24) is 5.32 Å². The molecule has 1 heterocycles. The molecule has 1 aliphatic heterocycles. The van der Waals surface area contributed by atoms with Gasteiger partial charge in [0.05, 0.1) is 11.3 Å². The Morgan fingerprint density at radius 2 is 2.05 bits per heavy atom. The van der Waals surface area contributed by atoms with Crippen LogP contribution in [0.5, 0.6) is 0 Å². The third-order valence-corrected chi connectivity index (χ3v) is 4.58. The fourth-order valence-electron chi connectivity index (χ4n) is 3.22. The number of aromatic carboxylic acids is 1. The maximum atomic E-state index is 13.1. The topological polar surface area (TPSA) is 78.4 Å². The zero-order chi connectivity index (χ0) is 15.0. The van der Waals surface area contributed by atoms with E-state index in [1.807, 2.05) is 0 Å². The molecule has 0 radical (unpaired) electrons. The number of hydrogen-bond donors (Lipinski definition) is 3. The highest BCUT2D eigenvalue weighted by molar-refractivity contribution is 6.02. The van der Waals surface area contributed by atoms with Crippen molar-refractivity contribution in [1.29, 1.82) is 0 Å². The van der Waals surface area contributed by atoms with Crippen LogP contribution in [0.3, 0.4) is 0 Å². The molecule has 3 rings (SSSR count). The van der Waals surface area contributed by atoms with E-state index < -0.39 is 11.8 Å². The lowest BCUT2D eigenvalue weighted by Crippen LogP contribution is -2.31. The zero-order valence-electron chi connectivity index (χ0n) is 11.5. The molecule has 1 atom stereocenters. The molecule has 1 aromatic carbocycles. The van der Waals surface area contributed by atoms with Crippen LogP contribution in [0, 0.1) is 17.2 Å². The fraction of sp³-hybridized carbons (Fsp3) is 0.467. The van der Waals surface area contributed by atoms with E-state index in [1.54, 1.807) is 0 Å². The highest BCUT2D eigenvalue weighted by Gasteiger charge is 2.57. The molecule has 1 spiro atoms. The van der Waals surface area contributed by atoms with Gasteiger partial charge in [0, 0.05) is 5.92 Å². The molecule has 21 heavy (non-hydrogen) atoms. The largest absolute Gasteiger partial charge is 0.478 e. The number of anilines is 1. The monoisotopic (exact) mass is 292 g/mol. The van der Waals surface area contributed by atoms with Crippen LogP contribution in [-0.2, 0) is 4.79 Å². The van der Waals surface area contributed by atoms with Crippen LogP contribution >= 0.6 is 0 Å². The minimum Gasteiger partial charge on any atom is -0.478 e. The smallest absolute Gasteiger partial charge is 0.337 e. The normalized spacial score (nSPS) is 22.8. The first-order valence-corrected chi connectivity index (χ1v) is 7.06. The summed E-state index contributed by atoms with van der Waals surface area (Å²) in [5.41, 5.74) is 0.0203. The van der Waals surface area contributed by atoms with E-state index >= 15 is 0 Å². The van der Waals surface area contributed by atoms with Crippen LogP contribution < -0.4 is 10.6 Å². The predicted octanol–water partition coefficient (Wildman–Crippen LogP) is 1.85. The van der Waals surface area contributed by atoms with E-state index in [9.17, 15) is 14.0 Å². The summed E-state index contributed by atoms with van der Waals surface area (Å²) in [4.78, 5) is 23.4. The number of rotatable bonds is 3. The van der Waals surface area contributed by atoms with Crippen LogP contribution in [0.1, 0.15) is 29.6 Å². The van der Waals surface area contributed by atoms with Gasteiger partial charge in [-0.25, -0.2) is 9.18 Å². The molecule has 0 bridgehead atoms. The van der Waals surface area contributed by atoms with E-state index in [2.05, 4.69) is 10.6 Å². The van der Waals surface area contributed by atoms with E-state index in [0.717, 1.165) is 44.5 Å². The fourth-order valence-corrected chi connectivity index (χ4v) is 3.22. The number of carboxylic acid groups (broad SMARTS) is 1. The Hall–Kier alpha value is -1.95. The quantitative estimate of drug-likeness (QED) is 0.794. The van der Waals surface area contributed by atoms with Crippen molar-refractivity contribution in [3.8, 4) is 0 Å². The summed E-state index contributed by atoms with van der Waals surface area (Å²) < 4.78 is 13.1. The number of carbonyl (C=O) groups is 2. The van der Waals surface area contributed by atoms with Crippen LogP contribution in [0.15, 0.2) is 18.2 Å². The second kappa shape index (κ2) is 5.11. The summed E-state index contributed by atoms with van der Waals surface area (Å²) in [6, 6.07) is 3.37. The van der Waals surface area contributed by atoms with Crippen LogP contribution in [-0.4, -0.2) is 30.1 Å². The number of hydrogen-bond acceptors (Lipinski definition) is 3. The predicted molar refractivity (Wildman–Crippen MR) is 74.6 cm³/mol. The second-order valence-corrected chi connectivity index (χ2v) is 5.85. The Bertz CT molecular complexity index is 597. The summed E-state index contributed by atoms with van der Waals surface area (Å²) in [6.07, 6.45) is 2.80. The van der Waals surface area contributed by atoms with Crippen LogP contribution in [0.2, 0.25) is 0 Å². The van der Waals surface area contributed by atoms with Gasteiger partial charge in [0.2, 0.25) is 5.91 Å². The Kier molecular flexibility index (Phi) is 3.41. The number of piperidine rings is 1. The molecule has 1 saturated carbocycles. The standard InChI is InChI=1S/C15H17FN2O3/c16-9-1-2-12(10(7-9)14(20)21)18-13(19)11-8-15(11)3-5-17-6-4-15/h1-2,7,11,17H,3-6,8H2,(H,18,19)(H,20,21). The molecule has 1 saturated heterocycles. The molecule has 1 aromatic rings. The van der Waals surface area contributed by atoms with Crippen molar-refractivity contribution in [2.24, 2.45) is 11.3 Å². The van der Waals surface area contributed by atoms with Crippen molar-refractivity contribution in [2.75, 3.05) is 18.4 Å². The lowest BCUT2D eigenvalue weighted by Gasteiger charge is -2.23. The molecular formula is C15H17FN2O3. The zero-order valence-corrected chi connectivity index (χ0v) is 11.5. The average Bonchev–Trinajstić information content (AvgIpc) is 3.15. The molecule has 6 heteroatoms. The molecule has 0 aromatic heterocycles. The van der Waals surface area contributed by atoms with Crippen LogP contribution in [0.4, 0.5) is 10.1 Å². The van der Waals surface area contributed by atoms with Crippen molar-refractivity contribution in [3.05, 3.63) is 29.6 Å². The number of carbonyl (C=O) groups excluding carboxylic acids is 1. The lowest BCUT2D eigenvalue weighted by molar-refractivity contribution is -0.118. The van der Waals surface area contributed by atoms with E-state index in [1.165, 1.54) is 6.07 Å². The van der Waals surface area contributed by atoms with Gasteiger partial charge in [0.15, 0.2) is 0 Å². The van der Waals surface area contributed by atoms with Crippen molar-refractivity contribution >= 4 is 17.6 Å². The summed E-state index contributed by atoms with van der Waals surface area (Å²) in [5.74, 6) is -2.11. The van der Waals surface area contributed by atoms with Crippen LogP contribution in [0.25, 0.3) is 0 Å². The summed E-state index contributed by atoms with van der Waals surface area (Å²) in [5, 5.41) is 15.0. The second-order valence-electron chi connectivity index (χ2n) is 5.85. The van der Waals surface area contributed by atoms with Gasteiger partial charge < -0.3 is 15.7 Å². The minimum absolute atomic E-state index is 0.0636. The number of amides is 1. The van der Waals surface area contributed by atoms with Crippen molar-refractivity contribution < 1.29 is 19.1 Å². The maximum absolute atomic E-state index is 13.1. The molecule has 3 N–H and O–H groups in total. The number of carboxylic acids is 1. The third kappa shape index (κ3) is 2.63. The van der Waals surface area contributed by atoms with Gasteiger partial charge in [-0.3, -0.25) is 4.79 Å². The first-order valence-electron chi connectivity index (χ1n) is 7.06. The number of benzene rings is 1. The average molecular weight is 292 g/mol. The minimum atomic E-state index is -1.25. The SMILES string of the molecule is O=C(O)c1cc(F)ccc1NC(=O)C1CC12CCNCC2. The number of nitrogens with one attached hydrogen (secondary N) is 2. The first kappa shape index (κ1) is 14.0. The molecule has 2 aliphatic rings. The van der Waals surface area contributed by atoms with Gasteiger partial charge in [-0.1, -0.05) is 0 Å². The summed E-state index contributed by atoms with van der Waals surface area (Å²) >= 11 is 0. The lowest BCUT2D eigenvalue weighted by atomic mass is 9.91. The van der Waals surface area contributed by atoms with Gasteiger partial charge in [-0.15, -0.1) is 0 Å². The molecular weight excluding hydrogens is 275 g/mol. The molecule has 1 unspecified atom stereocenters. The summed E-state index contributed by atoms with van der Waals surface area (Å²) in [7, 11) is 0. The molecule has 112 valence electrons. The maximum Gasteiger partial charge on any atom is 0.337 e. The Morgan fingerprint density at radius 1 is 1.33 bits per heavy atom. The van der Waals surface area contributed by atoms with Gasteiger partial charge >= 0.3 is 5.97 Å². The molecule has 2 fully saturated rings. The highest BCUT2D eigenvalue weighted by atomic mass is 19.1. The van der Waals surface area contributed by atoms with E-state index in [0.29, 0.717) is 0 Å². The third-order valence-electron chi connectivity index (χ3n) is 4.58. The van der Waals surface area contributed by atoms with E-state index in [-0.39, 0.29) is 28.5 Å². The molecule has 1 aliphatic carbocycles. The van der Waals surface area contributed by atoms with Gasteiger partial charge in [-0.05, 0) is 56.0 Å². The van der Waals surface area contributed by atoms with Crippen molar-refractivity contribution in [2.45, 2.75) is 19.3 Å². The van der Waals surface area contributed by atoms with E-state index in [4.69, 9.17) is 5.11 Å². The van der Waals surface area contributed by atoms with Crippen molar-refractivity contribution in [3.63, 3.8) is 0 Å².